The maximum atomic E-state index is 15.1. The van der Waals surface area contributed by atoms with Crippen LogP contribution in [-0.2, 0) is 6.42 Å². The number of nitrogens with zero attached hydrogens (tertiary/aromatic N) is 2. The van der Waals surface area contributed by atoms with E-state index in [1.807, 2.05) is 6.92 Å². The molecule has 41 heavy (non-hydrogen) atoms. The second kappa shape index (κ2) is 12.1. The minimum atomic E-state index is -0.734. The molecule has 1 aliphatic heterocycles. The summed E-state index contributed by atoms with van der Waals surface area (Å²) in [5.41, 5.74) is 14.2. The summed E-state index contributed by atoms with van der Waals surface area (Å²) in [6, 6.07) is 12.2. The molecule has 9 nitrogen and oxygen atoms in total. The van der Waals surface area contributed by atoms with E-state index >= 15 is 4.39 Å². The Bertz CT molecular complexity index is 1620. The Labute approximate surface area is 242 Å². The van der Waals surface area contributed by atoms with E-state index in [0.29, 0.717) is 46.5 Å². The first-order valence-electron chi connectivity index (χ1n) is 13.8. The van der Waals surface area contributed by atoms with E-state index in [1.165, 1.54) is 4.57 Å². The van der Waals surface area contributed by atoms with Crippen molar-refractivity contribution < 1.29 is 9.50 Å². The number of nitrogens with one attached hydrogen (secondary N) is 3. The number of aryl methyl sites for hydroxylation is 1. The van der Waals surface area contributed by atoms with Crippen molar-refractivity contribution in [1.82, 2.24) is 19.9 Å². The number of aliphatic hydroxyl groups excluding tert-OH is 1. The summed E-state index contributed by atoms with van der Waals surface area (Å²) in [5, 5.41) is 22.4. The Morgan fingerprint density at radius 2 is 2.05 bits per heavy atom. The quantitative estimate of drug-likeness (QED) is 0.122. The predicted molar refractivity (Wildman–Crippen MR) is 160 cm³/mol. The maximum Gasteiger partial charge on any atom is 0.354 e. The Hall–Kier alpha value is -3.57. The summed E-state index contributed by atoms with van der Waals surface area (Å²) in [7, 11) is 0. The molecule has 0 radical (unpaired) electrons. The van der Waals surface area contributed by atoms with E-state index in [-0.39, 0.29) is 28.9 Å². The molecule has 1 saturated heterocycles. The monoisotopic (exact) mass is 579 g/mol. The highest BCUT2D eigenvalue weighted by atomic mass is 35.5. The van der Waals surface area contributed by atoms with Gasteiger partial charge in [-0.25, -0.2) is 9.18 Å². The standard InChI is InChI=1S/C30H35ClFN7O2/c1-16(33)3-2-4-17-9-22(27(32)23(31)10-17)24-13-20-15-39(30(41)38-29(20)37-24)21-7-5-19(6-8-21)28(40)25-11-18(14-36-25)12-26(34)35/h5-10,13,15-16,18,25,28,36,40H,2-4,11-12,14,33H2,1H3,(H3,34,35)(H,37,38,41)/t16-,18-,25-,28?/m0/s1. The van der Waals surface area contributed by atoms with Crippen molar-refractivity contribution in [3.05, 3.63) is 81.1 Å². The van der Waals surface area contributed by atoms with Crippen LogP contribution in [0.25, 0.3) is 28.0 Å². The second-order valence-corrected chi connectivity index (χ2v) is 11.5. The normalized spacial score (nSPS) is 18.6. The molecule has 4 aromatic rings. The molecular weight excluding hydrogens is 545 g/mol. The molecular formula is C30H35ClFN7O2. The van der Waals surface area contributed by atoms with Crippen molar-refractivity contribution in [2.24, 2.45) is 17.4 Å². The molecule has 11 heteroatoms. The average Bonchev–Trinajstić information content (AvgIpc) is 3.56. The lowest BCUT2D eigenvalue weighted by Crippen LogP contribution is -2.28. The van der Waals surface area contributed by atoms with Crippen LogP contribution >= 0.6 is 11.6 Å². The summed E-state index contributed by atoms with van der Waals surface area (Å²) in [4.78, 5) is 20.2. The summed E-state index contributed by atoms with van der Waals surface area (Å²) in [6.45, 7) is 2.66. The fourth-order valence-electron chi connectivity index (χ4n) is 5.55. The fourth-order valence-corrected chi connectivity index (χ4v) is 5.80. The lowest BCUT2D eigenvalue weighted by molar-refractivity contribution is 0.136. The summed E-state index contributed by atoms with van der Waals surface area (Å²) >= 11 is 6.22. The first kappa shape index (κ1) is 28.9. The Morgan fingerprint density at radius 3 is 2.76 bits per heavy atom. The number of H-pyrrole nitrogens is 1. The van der Waals surface area contributed by atoms with Crippen LogP contribution in [-0.4, -0.2) is 44.1 Å². The molecule has 4 atom stereocenters. The number of hydrogen-bond acceptors (Lipinski definition) is 6. The number of fused-ring (bicyclic) bond motifs is 1. The van der Waals surface area contributed by atoms with E-state index in [2.05, 4.69) is 15.3 Å². The molecule has 216 valence electrons. The highest BCUT2D eigenvalue weighted by Gasteiger charge is 2.30. The van der Waals surface area contributed by atoms with Crippen LogP contribution in [0, 0.1) is 17.1 Å². The van der Waals surface area contributed by atoms with Crippen LogP contribution in [0.3, 0.4) is 0 Å². The van der Waals surface area contributed by atoms with Crippen LogP contribution in [0.5, 0.6) is 0 Å². The molecule has 1 unspecified atom stereocenters. The van der Waals surface area contributed by atoms with E-state index < -0.39 is 17.6 Å². The number of rotatable bonds is 10. The minimum Gasteiger partial charge on any atom is -0.388 e. The molecule has 2 aromatic carbocycles. The number of halogens is 2. The zero-order valence-electron chi connectivity index (χ0n) is 22.8. The number of aromatic amines is 1. The molecule has 0 bridgehead atoms. The number of hydrogen-bond donors (Lipinski definition) is 6. The molecule has 2 aromatic heterocycles. The number of amidine groups is 1. The molecule has 0 saturated carbocycles. The third-order valence-corrected chi connectivity index (χ3v) is 7.94. The number of aromatic nitrogens is 3. The van der Waals surface area contributed by atoms with E-state index in [1.54, 1.807) is 48.7 Å². The lowest BCUT2D eigenvalue weighted by Gasteiger charge is -2.19. The van der Waals surface area contributed by atoms with Crippen molar-refractivity contribution >= 4 is 28.5 Å². The van der Waals surface area contributed by atoms with Crippen molar-refractivity contribution in [3.63, 3.8) is 0 Å². The number of nitrogens with two attached hydrogens (primary N) is 2. The highest BCUT2D eigenvalue weighted by Crippen LogP contribution is 2.32. The summed E-state index contributed by atoms with van der Waals surface area (Å²) < 4.78 is 16.5. The van der Waals surface area contributed by atoms with Crippen LogP contribution in [0.15, 0.2) is 53.5 Å². The first-order valence-corrected chi connectivity index (χ1v) is 14.2. The average molecular weight is 580 g/mol. The SMILES string of the molecule is C[C@H](N)CCCc1cc(Cl)c(F)c(-c2cc3cn(-c4ccc(C(O)[C@@H]5C[C@@H](CC(=N)N)CN5)cc4)c(=O)nc3[nH]2)c1. The van der Waals surface area contributed by atoms with Crippen molar-refractivity contribution in [3.8, 4) is 16.9 Å². The van der Waals surface area contributed by atoms with Crippen molar-refractivity contribution in [2.45, 2.75) is 57.2 Å². The van der Waals surface area contributed by atoms with Gasteiger partial charge in [-0.15, -0.1) is 0 Å². The van der Waals surface area contributed by atoms with Gasteiger partial charge in [-0.3, -0.25) is 9.98 Å². The molecule has 5 rings (SSSR count). The smallest absolute Gasteiger partial charge is 0.354 e. The van der Waals surface area contributed by atoms with Gasteiger partial charge in [-0.1, -0.05) is 23.7 Å². The van der Waals surface area contributed by atoms with Gasteiger partial charge in [0.2, 0.25) is 0 Å². The Morgan fingerprint density at radius 1 is 1.29 bits per heavy atom. The largest absolute Gasteiger partial charge is 0.388 e. The van der Waals surface area contributed by atoms with E-state index in [0.717, 1.165) is 31.2 Å². The van der Waals surface area contributed by atoms with Gasteiger partial charge in [0.15, 0.2) is 5.82 Å². The predicted octanol–water partition coefficient (Wildman–Crippen LogP) is 4.18. The van der Waals surface area contributed by atoms with Gasteiger partial charge in [-0.05, 0) is 86.5 Å². The van der Waals surface area contributed by atoms with Crippen LogP contribution in [0.2, 0.25) is 5.02 Å². The minimum absolute atomic E-state index is 0.0361. The molecule has 0 amide bonds. The number of benzene rings is 2. The van der Waals surface area contributed by atoms with Gasteiger partial charge in [0, 0.05) is 35.7 Å². The van der Waals surface area contributed by atoms with Gasteiger partial charge in [-0.2, -0.15) is 4.98 Å². The van der Waals surface area contributed by atoms with Gasteiger partial charge < -0.3 is 26.9 Å². The van der Waals surface area contributed by atoms with E-state index in [4.69, 9.17) is 28.5 Å². The van der Waals surface area contributed by atoms with Gasteiger partial charge in [0.1, 0.15) is 5.65 Å². The molecule has 0 aliphatic carbocycles. The van der Waals surface area contributed by atoms with Gasteiger partial charge in [0.25, 0.3) is 0 Å². The van der Waals surface area contributed by atoms with Crippen molar-refractivity contribution in [2.75, 3.05) is 6.54 Å². The third-order valence-electron chi connectivity index (χ3n) is 7.67. The maximum absolute atomic E-state index is 15.1. The highest BCUT2D eigenvalue weighted by molar-refractivity contribution is 6.31. The zero-order valence-corrected chi connectivity index (χ0v) is 23.6. The van der Waals surface area contributed by atoms with Crippen LogP contribution in [0.4, 0.5) is 4.39 Å². The zero-order chi connectivity index (χ0) is 29.3. The summed E-state index contributed by atoms with van der Waals surface area (Å²) in [6.07, 6.45) is 4.59. The molecule has 8 N–H and O–H groups in total. The number of aliphatic hydroxyl groups is 1. The third kappa shape index (κ3) is 6.51. The molecule has 1 aliphatic rings. The van der Waals surface area contributed by atoms with Gasteiger partial charge in [0.05, 0.1) is 28.3 Å². The first-order chi connectivity index (χ1) is 19.6. The molecule has 0 spiro atoms. The van der Waals surface area contributed by atoms with Crippen LogP contribution in [0.1, 0.15) is 49.8 Å². The van der Waals surface area contributed by atoms with Crippen LogP contribution < -0.4 is 22.5 Å². The topological polar surface area (TPSA) is 159 Å². The molecule has 1 fully saturated rings. The molecule has 3 heterocycles. The van der Waals surface area contributed by atoms with Gasteiger partial charge >= 0.3 is 5.69 Å². The fraction of sp³-hybridized carbons (Fsp3) is 0.367. The lowest BCUT2D eigenvalue weighted by atomic mass is 9.95. The van der Waals surface area contributed by atoms with Crippen molar-refractivity contribution in [1.29, 1.82) is 5.41 Å². The Kier molecular flexibility index (Phi) is 8.55. The van der Waals surface area contributed by atoms with E-state index in [9.17, 15) is 9.90 Å². The Balaban J connectivity index is 1.37. The second-order valence-electron chi connectivity index (χ2n) is 11.1. The summed E-state index contributed by atoms with van der Waals surface area (Å²) in [5.74, 6) is -0.166.